The van der Waals surface area contributed by atoms with Crippen LogP contribution in [0.1, 0.15) is 39.8 Å². The van der Waals surface area contributed by atoms with Crippen molar-refractivity contribution in [2.24, 2.45) is 5.10 Å². The first-order chi connectivity index (χ1) is 14.9. The molecule has 0 aliphatic rings. The molecule has 0 bridgehead atoms. The van der Waals surface area contributed by atoms with Crippen LogP contribution in [-0.4, -0.2) is 29.4 Å². The Morgan fingerprint density at radius 2 is 1.81 bits per heavy atom. The molecule has 2 amide bonds. The van der Waals surface area contributed by atoms with E-state index in [0.717, 1.165) is 28.2 Å². The van der Waals surface area contributed by atoms with Crippen molar-refractivity contribution in [1.29, 1.82) is 0 Å². The van der Waals surface area contributed by atoms with Crippen molar-refractivity contribution >= 4 is 23.9 Å². The molecule has 0 radical (unpaired) electrons. The maximum Gasteiger partial charge on any atom is 0.339 e. The van der Waals surface area contributed by atoms with E-state index in [4.69, 9.17) is 4.74 Å². The fourth-order valence-electron chi connectivity index (χ4n) is 3.26. The number of urea groups is 1. The SMILES string of the molecule is CCOC(=O)c1cccc(-n2c(C)cc(/C=N/NC(=O)Nc3ccc(C)cc3)c2C)c1. The van der Waals surface area contributed by atoms with Crippen LogP contribution in [-0.2, 0) is 4.74 Å². The lowest BCUT2D eigenvalue weighted by molar-refractivity contribution is 0.0526. The van der Waals surface area contributed by atoms with Crippen LogP contribution >= 0.6 is 0 Å². The van der Waals surface area contributed by atoms with Crippen molar-refractivity contribution in [2.45, 2.75) is 27.7 Å². The molecule has 0 saturated heterocycles. The molecule has 31 heavy (non-hydrogen) atoms. The fraction of sp³-hybridized carbons (Fsp3) is 0.208. The van der Waals surface area contributed by atoms with E-state index in [9.17, 15) is 9.59 Å². The highest BCUT2D eigenvalue weighted by Crippen LogP contribution is 2.21. The Morgan fingerprint density at radius 1 is 1.06 bits per heavy atom. The number of anilines is 1. The number of rotatable bonds is 6. The van der Waals surface area contributed by atoms with Crippen LogP contribution in [0.15, 0.2) is 59.7 Å². The summed E-state index contributed by atoms with van der Waals surface area (Å²) in [6, 6.07) is 16.3. The Kier molecular flexibility index (Phi) is 6.87. The zero-order valence-corrected chi connectivity index (χ0v) is 18.1. The van der Waals surface area contributed by atoms with Gasteiger partial charge in [0.25, 0.3) is 0 Å². The van der Waals surface area contributed by atoms with Crippen LogP contribution in [0.25, 0.3) is 5.69 Å². The van der Waals surface area contributed by atoms with Crippen LogP contribution in [0.2, 0.25) is 0 Å². The minimum absolute atomic E-state index is 0.329. The summed E-state index contributed by atoms with van der Waals surface area (Å²) in [6.45, 7) is 8.02. The van der Waals surface area contributed by atoms with E-state index in [1.165, 1.54) is 0 Å². The molecule has 0 unspecified atom stereocenters. The number of esters is 1. The zero-order chi connectivity index (χ0) is 22.4. The Morgan fingerprint density at radius 3 is 2.52 bits per heavy atom. The zero-order valence-electron chi connectivity index (χ0n) is 18.1. The lowest BCUT2D eigenvalue weighted by atomic mass is 10.2. The van der Waals surface area contributed by atoms with Crippen molar-refractivity contribution < 1.29 is 14.3 Å². The molecule has 0 fully saturated rings. The van der Waals surface area contributed by atoms with E-state index in [1.54, 1.807) is 25.3 Å². The molecule has 2 N–H and O–H groups in total. The van der Waals surface area contributed by atoms with Gasteiger partial charge >= 0.3 is 12.0 Å². The van der Waals surface area contributed by atoms with Gasteiger partial charge in [0, 0.05) is 28.3 Å². The van der Waals surface area contributed by atoms with Gasteiger partial charge in [-0.3, -0.25) is 0 Å². The number of aryl methyl sites for hydroxylation is 2. The standard InChI is InChI=1S/C24H26N4O3/c1-5-31-23(29)19-7-6-8-22(14-19)28-17(3)13-20(18(28)4)15-25-27-24(30)26-21-11-9-16(2)10-12-21/h6-15H,5H2,1-4H3,(H2,26,27,30)/b25-15+. The first-order valence-electron chi connectivity index (χ1n) is 10.0. The van der Waals surface area contributed by atoms with Crippen LogP contribution in [0.4, 0.5) is 10.5 Å². The number of ether oxygens (including phenoxy) is 1. The molecular formula is C24H26N4O3. The monoisotopic (exact) mass is 418 g/mol. The Balaban J connectivity index is 1.72. The third kappa shape index (κ3) is 5.39. The summed E-state index contributed by atoms with van der Waals surface area (Å²) in [5, 5.41) is 6.79. The molecular weight excluding hydrogens is 392 g/mol. The average Bonchev–Trinajstić information content (AvgIpc) is 3.03. The summed E-state index contributed by atoms with van der Waals surface area (Å²) in [7, 11) is 0. The van der Waals surface area contributed by atoms with Gasteiger partial charge in [0.2, 0.25) is 0 Å². The molecule has 3 rings (SSSR count). The number of hydrogen-bond acceptors (Lipinski definition) is 4. The summed E-state index contributed by atoms with van der Waals surface area (Å²) in [6.07, 6.45) is 1.60. The molecule has 160 valence electrons. The second kappa shape index (κ2) is 9.75. The van der Waals surface area contributed by atoms with E-state index in [2.05, 4.69) is 15.8 Å². The van der Waals surface area contributed by atoms with Gasteiger partial charge in [-0.05, 0) is 64.1 Å². The number of carbonyl (C=O) groups excluding carboxylic acids is 2. The van der Waals surface area contributed by atoms with E-state index in [-0.39, 0.29) is 5.97 Å². The highest BCUT2D eigenvalue weighted by molar-refractivity contribution is 5.91. The summed E-state index contributed by atoms with van der Waals surface area (Å²) >= 11 is 0. The Labute approximate surface area is 181 Å². The van der Waals surface area contributed by atoms with Gasteiger partial charge < -0.3 is 14.6 Å². The van der Waals surface area contributed by atoms with Gasteiger partial charge in [-0.25, -0.2) is 15.0 Å². The molecule has 0 aliphatic carbocycles. The second-order valence-corrected chi connectivity index (χ2v) is 7.12. The first kappa shape index (κ1) is 21.8. The van der Waals surface area contributed by atoms with E-state index in [0.29, 0.717) is 17.9 Å². The molecule has 1 aromatic heterocycles. The summed E-state index contributed by atoms with van der Waals surface area (Å²) < 4.78 is 7.12. The number of amides is 2. The van der Waals surface area contributed by atoms with Gasteiger partial charge in [0.05, 0.1) is 18.4 Å². The second-order valence-electron chi connectivity index (χ2n) is 7.12. The molecule has 7 heteroatoms. The molecule has 3 aromatic rings. The van der Waals surface area contributed by atoms with Crippen molar-refractivity contribution in [3.8, 4) is 5.69 Å². The number of benzene rings is 2. The normalized spacial score (nSPS) is 10.8. The molecule has 7 nitrogen and oxygen atoms in total. The molecule has 1 heterocycles. The van der Waals surface area contributed by atoms with Crippen LogP contribution in [0.5, 0.6) is 0 Å². The van der Waals surface area contributed by atoms with E-state index in [1.807, 2.05) is 67.8 Å². The molecule has 0 atom stereocenters. The minimum atomic E-state index is -0.420. The molecule has 0 saturated carbocycles. The van der Waals surface area contributed by atoms with E-state index >= 15 is 0 Å². The van der Waals surface area contributed by atoms with Gasteiger partial charge in [0.15, 0.2) is 0 Å². The quantitative estimate of drug-likeness (QED) is 0.345. The number of nitrogens with zero attached hydrogens (tertiary/aromatic N) is 2. The lowest BCUT2D eigenvalue weighted by Crippen LogP contribution is -2.24. The fourth-order valence-corrected chi connectivity index (χ4v) is 3.26. The lowest BCUT2D eigenvalue weighted by Gasteiger charge is -2.11. The average molecular weight is 418 g/mol. The van der Waals surface area contributed by atoms with Gasteiger partial charge in [0.1, 0.15) is 0 Å². The molecule has 0 aliphatic heterocycles. The van der Waals surface area contributed by atoms with Gasteiger partial charge in [-0.15, -0.1) is 0 Å². The minimum Gasteiger partial charge on any atom is -0.462 e. The summed E-state index contributed by atoms with van der Waals surface area (Å²) in [4.78, 5) is 24.1. The predicted octanol–water partition coefficient (Wildman–Crippen LogP) is 4.73. The summed E-state index contributed by atoms with van der Waals surface area (Å²) in [5.74, 6) is -0.350. The van der Waals surface area contributed by atoms with Crippen LogP contribution < -0.4 is 10.7 Å². The van der Waals surface area contributed by atoms with Gasteiger partial charge in [-0.2, -0.15) is 5.10 Å². The van der Waals surface area contributed by atoms with Crippen molar-refractivity contribution in [2.75, 3.05) is 11.9 Å². The van der Waals surface area contributed by atoms with Crippen molar-refractivity contribution in [1.82, 2.24) is 9.99 Å². The highest BCUT2D eigenvalue weighted by Gasteiger charge is 2.12. The Hall–Kier alpha value is -3.87. The predicted molar refractivity (Wildman–Crippen MR) is 122 cm³/mol. The molecule has 2 aromatic carbocycles. The maximum atomic E-state index is 12.1. The number of carbonyl (C=O) groups is 2. The number of nitrogens with one attached hydrogen (secondary N) is 2. The van der Waals surface area contributed by atoms with Crippen LogP contribution in [0.3, 0.4) is 0 Å². The smallest absolute Gasteiger partial charge is 0.339 e. The summed E-state index contributed by atoms with van der Waals surface area (Å²) in [5.41, 5.74) is 8.40. The largest absolute Gasteiger partial charge is 0.462 e. The van der Waals surface area contributed by atoms with Crippen LogP contribution in [0, 0.1) is 20.8 Å². The number of aromatic nitrogens is 1. The first-order valence-corrected chi connectivity index (χ1v) is 10.0. The third-order valence-electron chi connectivity index (χ3n) is 4.76. The Bertz CT molecular complexity index is 1110. The highest BCUT2D eigenvalue weighted by atomic mass is 16.5. The van der Waals surface area contributed by atoms with Crippen molar-refractivity contribution in [3.05, 3.63) is 82.7 Å². The molecule has 0 spiro atoms. The van der Waals surface area contributed by atoms with E-state index < -0.39 is 6.03 Å². The van der Waals surface area contributed by atoms with Crippen molar-refractivity contribution in [3.63, 3.8) is 0 Å². The maximum absolute atomic E-state index is 12.1. The topological polar surface area (TPSA) is 84.7 Å². The number of hydrazone groups is 1. The number of hydrogen-bond donors (Lipinski definition) is 2. The van der Waals surface area contributed by atoms with Gasteiger partial charge in [-0.1, -0.05) is 23.8 Å². The third-order valence-corrected chi connectivity index (χ3v) is 4.76.